The fourth-order valence-corrected chi connectivity index (χ4v) is 2.01. The Morgan fingerprint density at radius 1 is 1.56 bits per heavy atom. The van der Waals surface area contributed by atoms with Crippen molar-refractivity contribution in [2.45, 2.75) is 32.7 Å². The van der Waals surface area contributed by atoms with E-state index in [4.69, 9.17) is 18.0 Å². The first-order chi connectivity index (χ1) is 7.59. The number of pyridine rings is 1. The molecule has 1 fully saturated rings. The summed E-state index contributed by atoms with van der Waals surface area (Å²) in [5.74, 6) is 0.819. The number of nitrogens with zero attached hydrogens (tertiary/aromatic N) is 1. The van der Waals surface area contributed by atoms with Gasteiger partial charge in [0.05, 0.1) is 5.56 Å². The van der Waals surface area contributed by atoms with E-state index in [1.165, 1.54) is 12.8 Å². The van der Waals surface area contributed by atoms with E-state index < -0.39 is 0 Å². The van der Waals surface area contributed by atoms with E-state index in [1.54, 1.807) is 10.6 Å². The van der Waals surface area contributed by atoms with Gasteiger partial charge < -0.3 is 10.3 Å². The van der Waals surface area contributed by atoms with Crippen LogP contribution in [0.4, 0.5) is 0 Å². The van der Waals surface area contributed by atoms with Gasteiger partial charge in [-0.15, -0.1) is 0 Å². The maximum absolute atomic E-state index is 12.1. The van der Waals surface area contributed by atoms with E-state index >= 15 is 0 Å². The number of aryl methyl sites for hydroxylation is 1. The molecular formula is C12H16N2OS. The molecule has 0 unspecified atom stereocenters. The molecule has 1 aliphatic rings. The van der Waals surface area contributed by atoms with Gasteiger partial charge in [0.15, 0.2) is 0 Å². The summed E-state index contributed by atoms with van der Waals surface area (Å²) in [6.07, 6.45) is 3.70. The molecule has 86 valence electrons. The van der Waals surface area contributed by atoms with Crippen molar-refractivity contribution in [3.05, 3.63) is 33.7 Å². The van der Waals surface area contributed by atoms with Crippen LogP contribution in [0.2, 0.25) is 0 Å². The first-order valence-electron chi connectivity index (χ1n) is 5.60. The number of thiocarbonyl (C=S) groups is 1. The summed E-state index contributed by atoms with van der Waals surface area (Å²) in [4.78, 5) is 12.2. The topological polar surface area (TPSA) is 48.0 Å². The first kappa shape index (κ1) is 11.3. The SMILES string of the molecule is Cc1ccc(C(N)=S)c(=O)n1CCC1CC1. The fourth-order valence-electron chi connectivity index (χ4n) is 1.85. The summed E-state index contributed by atoms with van der Waals surface area (Å²) in [5, 5.41) is 0. The Labute approximate surface area is 100 Å². The van der Waals surface area contributed by atoms with Crippen LogP contribution >= 0.6 is 12.2 Å². The molecule has 0 amide bonds. The molecule has 0 radical (unpaired) electrons. The van der Waals surface area contributed by atoms with Gasteiger partial charge in [0.2, 0.25) is 0 Å². The predicted molar refractivity (Wildman–Crippen MR) is 68.7 cm³/mol. The molecule has 0 bridgehead atoms. The summed E-state index contributed by atoms with van der Waals surface area (Å²) in [6.45, 7) is 2.73. The minimum absolute atomic E-state index is 0.0480. The third-order valence-electron chi connectivity index (χ3n) is 3.12. The van der Waals surface area contributed by atoms with E-state index in [0.717, 1.165) is 24.6 Å². The number of hydrogen-bond acceptors (Lipinski definition) is 2. The van der Waals surface area contributed by atoms with Gasteiger partial charge in [0.25, 0.3) is 5.56 Å². The van der Waals surface area contributed by atoms with Crippen molar-refractivity contribution in [1.82, 2.24) is 4.57 Å². The van der Waals surface area contributed by atoms with Gasteiger partial charge in [0.1, 0.15) is 4.99 Å². The zero-order valence-electron chi connectivity index (χ0n) is 9.40. The normalized spacial score (nSPS) is 15.1. The first-order valence-corrected chi connectivity index (χ1v) is 6.00. The molecule has 1 aliphatic carbocycles. The van der Waals surface area contributed by atoms with Crippen molar-refractivity contribution in [3.8, 4) is 0 Å². The summed E-state index contributed by atoms with van der Waals surface area (Å²) < 4.78 is 1.78. The number of hydrogen-bond donors (Lipinski definition) is 1. The van der Waals surface area contributed by atoms with E-state index in [2.05, 4.69) is 0 Å². The second-order valence-electron chi connectivity index (χ2n) is 4.44. The summed E-state index contributed by atoms with van der Waals surface area (Å²) in [5.41, 5.74) is 6.90. The molecule has 0 atom stereocenters. The second-order valence-corrected chi connectivity index (χ2v) is 4.88. The summed E-state index contributed by atoms with van der Waals surface area (Å²) >= 11 is 4.86. The number of rotatable bonds is 4. The molecule has 16 heavy (non-hydrogen) atoms. The minimum Gasteiger partial charge on any atom is -0.389 e. The predicted octanol–water partition coefficient (Wildman–Crippen LogP) is 1.59. The third kappa shape index (κ3) is 2.32. The van der Waals surface area contributed by atoms with E-state index in [9.17, 15) is 4.79 Å². The zero-order valence-corrected chi connectivity index (χ0v) is 10.2. The smallest absolute Gasteiger partial charge is 0.260 e. The van der Waals surface area contributed by atoms with Crippen LogP contribution in [0.15, 0.2) is 16.9 Å². The van der Waals surface area contributed by atoms with Crippen molar-refractivity contribution in [1.29, 1.82) is 0 Å². The number of aromatic nitrogens is 1. The van der Waals surface area contributed by atoms with E-state index in [0.29, 0.717) is 5.56 Å². The van der Waals surface area contributed by atoms with Gasteiger partial charge in [-0.2, -0.15) is 0 Å². The molecule has 3 nitrogen and oxygen atoms in total. The Hall–Kier alpha value is -1.16. The Kier molecular flexibility index (Phi) is 3.10. The van der Waals surface area contributed by atoms with E-state index in [1.807, 2.05) is 13.0 Å². The Balaban J connectivity index is 2.29. The average Bonchev–Trinajstić information content (AvgIpc) is 3.00. The Morgan fingerprint density at radius 3 is 2.81 bits per heavy atom. The lowest BCUT2D eigenvalue weighted by atomic mass is 10.2. The average molecular weight is 236 g/mol. The number of nitrogens with two attached hydrogens (primary N) is 1. The molecular weight excluding hydrogens is 220 g/mol. The minimum atomic E-state index is -0.0480. The quantitative estimate of drug-likeness (QED) is 0.808. The van der Waals surface area contributed by atoms with Crippen LogP contribution in [-0.2, 0) is 6.54 Å². The van der Waals surface area contributed by atoms with Gasteiger partial charge >= 0.3 is 0 Å². The zero-order chi connectivity index (χ0) is 11.7. The van der Waals surface area contributed by atoms with Crippen molar-refractivity contribution >= 4 is 17.2 Å². The molecule has 1 aromatic heterocycles. The molecule has 0 aromatic carbocycles. The van der Waals surface area contributed by atoms with Gasteiger partial charge in [-0.05, 0) is 31.4 Å². The molecule has 1 saturated carbocycles. The summed E-state index contributed by atoms with van der Waals surface area (Å²) in [7, 11) is 0. The van der Waals surface area contributed by atoms with Crippen LogP contribution in [0.1, 0.15) is 30.5 Å². The molecule has 4 heteroatoms. The van der Waals surface area contributed by atoms with E-state index in [-0.39, 0.29) is 10.5 Å². The third-order valence-corrected chi connectivity index (χ3v) is 3.34. The second kappa shape index (κ2) is 4.37. The van der Waals surface area contributed by atoms with Crippen LogP contribution in [0.5, 0.6) is 0 Å². The maximum Gasteiger partial charge on any atom is 0.260 e. The van der Waals surface area contributed by atoms with Gasteiger partial charge in [-0.3, -0.25) is 4.79 Å². The van der Waals surface area contributed by atoms with Gasteiger partial charge in [0, 0.05) is 12.2 Å². The molecule has 1 aromatic rings. The summed E-state index contributed by atoms with van der Waals surface area (Å²) in [6, 6.07) is 3.62. The fraction of sp³-hybridized carbons (Fsp3) is 0.500. The van der Waals surface area contributed by atoms with Crippen LogP contribution in [0, 0.1) is 12.8 Å². The van der Waals surface area contributed by atoms with Gasteiger partial charge in [-0.1, -0.05) is 25.1 Å². The van der Waals surface area contributed by atoms with Crippen molar-refractivity contribution in [2.75, 3.05) is 0 Å². The lowest BCUT2D eigenvalue weighted by molar-refractivity contribution is 0.569. The molecule has 0 spiro atoms. The molecule has 2 rings (SSSR count). The van der Waals surface area contributed by atoms with Crippen LogP contribution < -0.4 is 11.3 Å². The van der Waals surface area contributed by atoms with Crippen LogP contribution in [0.25, 0.3) is 0 Å². The van der Waals surface area contributed by atoms with Gasteiger partial charge in [-0.25, -0.2) is 0 Å². The highest BCUT2D eigenvalue weighted by Crippen LogP contribution is 2.32. The maximum atomic E-state index is 12.1. The van der Waals surface area contributed by atoms with Crippen molar-refractivity contribution in [2.24, 2.45) is 11.7 Å². The van der Waals surface area contributed by atoms with Crippen LogP contribution in [-0.4, -0.2) is 9.56 Å². The highest BCUT2D eigenvalue weighted by molar-refractivity contribution is 7.80. The van der Waals surface area contributed by atoms with Crippen molar-refractivity contribution in [3.63, 3.8) is 0 Å². The standard InChI is InChI=1S/C12H16N2OS/c1-8-2-5-10(11(13)16)12(15)14(8)7-6-9-3-4-9/h2,5,9H,3-4,6-7H2,1H3,(H2,13,16). The molecule has 0 aliphatic heterocycles. The molecule has 1 heterocycles. The highest BCUT2D eigenvalue weighted by Gasteiger charge is 2.21. The van der Waals surface area contributed by atoms with Crippen molar-refractivity contribution < 1.29 is 0 Å². The highest BCUT2D eigenvalue weighted by atomic mass is 32.1. The Bertz CT molecular complexity index is 474. The lowest BCUT2D eigenvalue weighted by Gasteiger charge is -2.11. The largest absolute Gasteiger partial charge is 0.389 e. The Morgan fingerprint density at radius 2 is 2.25 bits per heavy atom. The lowest BCUT2D eigenvalue weighted by Crippen LogP contribution is -2.30. The molecule has 0 saturated heterocycles. The monoisotopic (exact) mass is 236 g/mol. The molecule has 2 N–H and O–H groups in total. The van der Waals surface area contributed by atoms with Crippen LogP contribution in [0.3, 0.4) is 0 Å².